The van der Waals surface area contributed by atoms with Crippen molar-refractivity contribution in [1.82, 2.24) is 25.7 Å². The lowest BCUT2D eigenvalue weighted by atomic mass is 9.79. The summed E-state index contributed by atoms with van der Waals surface area (Å²) in [6.45, 7) is 11.6. The van der Waals surface area contributed by atoms with E-state index < -0.39 is 41.2 Å². The summed E-state index contributed by atoms with van der Waals surface area (Å²) >= 11 is 0. The van der Waals surface area contributed by atoms with Gasteiger partial charge in [-0.1, -0.05) is 74.5 Å². The summed E-state index contributed by atoms with van der Waals surface area (Å²) in [5.74, 6) is 0.493. The van der Waals surface area contributed by atoms with Crippen molar-refractivity contribution in [3.05, 3.63) is 144 Å². The summed E-state index contributed by atoms with van der Waals surface area (Å²) in [7, 11) is -13.0. The summed E-state index contributed by atoms with van der Waals surface area (Å²) in [6, 6.07) is 24.2. The van der Waals surface area contributed by atoms with Crippen LogP contribution >= 0.6 is 0 Å². The molecular weight excluding hydrogens is 991 g/mol. The van der Waals surface area contributed by atoms with Gasteiger partial charge in [0.25, 0.3) is 30.4 Å². The van der Waals surface area contributed by atoms with E-state index in [9.17, 15) is 43.7 Å². The first-order valence-corrected chi connectivity index (χ1v) is 28.3. The number of nitrogens with zero attached hydrogens (tertiary/aromatic N) is 6. The van der Waals surface area contributed by atoms with Crippen molar-refractivity contribution in [2.75, 3.05) is 23.7 Å². The van der Waals surface area contributed by atoms with Gasteiger partial charge < -0.3 is 10.2 Å². The van der Waals surface area contributed by atoms with E-state index in [1.807, 2.05) is 66.8 Å². The molecule has 17 nitrogen and oxygen atoms in total. The molecule has 2 aliphatic heterocycles. The smallest absolute Gasteiger partial charge is 0.294 e. The lowest BCUT2D eigenvalue weighted by Gasteiger charge is -2.27. The number of carbonyl (C=O) groups excluding carboxylic acids is 1. The second kappa shape index (κ2) is 20.8. The van der Waals surface area contributed by atoms with Gasteiger partial charge >= 0.3 is 0 Å². The number of fused-ring (bicyclic) bond motifs is 6. The Kier molecular flexibility index (Phi) is 15.0. The minimum absolute atomic E-state index is 0.0487. The van der Waals surface area contributed by atoms with E-state index in [-0.39, 0.29) is 27.9 Å². The van der Waals surface area contributed by atoms with Gasteiger partial charge in [-0.05, 0) is 122 Å². The maximum absolute atomic E-state index is 12.9. The molecule has 0 fully saturated rings. The first kappa shape index (κ1) is 52.8. The predicted octanol–water partition coefficient (Wildman–Crippen LogP) is 8.76. The predicted molar refractivity (Wildman–Crippen MR) is 281 cm³/mol. The minimum Gasteiger partial charge on any atom is -0.352 e. The van der Waals surface area contributed by atoms with Gasteiger partial charge in [-0.25, -0.2) is 0 Å². The molecule has 0 spiro atoms. The van der Waals surface area contributed by atoms with E-state index in [4.69, 9.17) is 0 Å². The summed E-state index contributed by atoms with van der Waals surface area (Å²) in [4.78, 5) is 14.6. The van der Waals surface area contributed by atoms with Gasteiger partial charge in [-0.2, -0.15) is 29.8 Å². The van der Waals surface area contributed by atoms with Gasteiger partial charge in [0.2, 0.25) is 17.4 Å². The highest BCUT2D eigenvalue weighted by Crippen LogP contribution is 2.51. The summed E-state index contributed by atoms with van der Waals surface area (Å²) in [5, 5.41) is 22.0. The van der Waals surface area contributed by atoms with Gasteiger partial charge in [0.15, 0.2) is 11.5 Å². The molecule has 0 radical (unpaired) electrons. The average Bonchev–Trinajstić information content (AvgIpc) is 3.69. The molecule has 2 aliphatic rings. The van der Waals surface area contributed by atoms with E-state index >= 15 is 0 Å². The molecule has 73 heavy (non-hydrogen) atoms. The fourth-order valence-corrected chi connectivity index (χ4v) is 11.6. The first-order chi connectivity index (χ1) is 34.4. The van der Waals surface area contributed by atoms with E-state index in [1.54, 1.807) is 25.1 Å². The maximum atomic E-state index is 12.9. The topological polar surface area (TPSA) is 250 Å². The van der Waals surface area contributed by atoms with E-state index in [1.165, 1.54) is 24.3 Å². The number of allylic oxidation sites excluding steroid dienone is 6. The number of benzene rings is 5. The van der Waals surface area contributed by atoms with Crippen LogP contribution < -0.4 is 10.2 Å². The van der Waals surface area contributed by atoms with Crippen LogP contribution in [-0.4, -0.2) is 94.3 Å². The third kappa shape index (κ3) is 11.6. The van der Waals surface area contributed by atoms with Crippen LogP contribution in [0.5, 0.6) is 0 Å². The Morgan fingerprint density at radius 2 is 1.32 bits per heavy atom. The Morgan fingerprint density at radius 3 is 1.95 bits per heavy atom. The van der Waals surface area contributed by atoms with Crippen molar-refractivity contribution in [2.45, 2.75) is 100 Å². The molecule has 6 aromatic rings. The molecule has 0 atom stereocenters. The normalized spacial score (nSPS) is 16.1. The molecule has 0 saturated heterocycles. The standard InChI is InChI=1S/C53H57N7O10S3/c1-35-55-57-51(58-56-35)37-19-17-36(18-20-37)34-54-48(61)16-10-7-11-29-59-44-27-21-38-32-40(72(65,66)67)23-25-42(38)49(44)52(2,3)46(59)14-8-6-9-15-47-53(4,5)50-43-26-24-41(73(68,69)70)33-39(43)22-28-45(50)60(47)30-12-13-31-71(62,63)64/h6,8-9,14-15,17-28,32-33H,7,10-13,16,29-31,34H2,1-5H3,(H3-,54,61,62,63,64,65,66,67,68,69,70)/p+1. The van der Waals surface area contributed by atoms with E-state index in [0.29, 0.717) is 61.3 Å². The number of nitrogens with one attached hydrogen (secondary N) is 1. The summed E-state index contributed by atoms with van der Waals surface area (Å²) < 4.78 is 103. The van der Waals surface area contributed by atoms with Crippen molar-refractivity contribution < 1.29 is 48.3 Å². The number of aromatic nitrogens is 4. The Morgan fingerprint density at radius 1 is 0.685 bits per heavy atom. The van der Waals surface area contributed by atoms with Crippen LogP contribution in [-0.2, 0) is 52.5 Å². The number of hydrogen-bond acceptors (Lipinski definition) is 12. The van der Waals surface area contributed by atoms with Crippen LogP contribution in [0.1, 0.15) is 88.7 Å². The highest BCUT2D eigenvalue weighted by molar-refractivity contribution is 7.86. The quantitative estimate of drug-likeness (QED) is 0.0256. The van der Waals surface area contributed by atoms with Crippen LogP contribution in [0.25, 0.3) is 32.9 Å². The number of unbranched alkanes of at least 4 members (excludes halogenated alkanes) is 3. The Bertz CT molecular complexity index is 3610. The van der Waals surface area contributed by atoms with Gasteiger partial charge in [0, 0.05) is 66.0 Å². The number of anilines is 1. The zero-order valence-corrected chi connectivity index (χ0v) is 43.6. The zero-order valence-electron chi connectivity index (χ0n) is 41.1. The number of carbonyl (C=O) groups is 1. The van der Waals surface area contributed by atoms with Crippen LogP contribution in [0.3, 0.4) is 0 Å². The second-order valence-electron chi connectivity index (χ2n) is 19.4. The van der Waals surface area contributed by atoms with E-state index in [2.05, 4.69) is 69.0 Å². The molecule has 0 aliphatic carbocycles. The lowest BCUT2D eigenvalue weighted by molar-refractivity contribution is -0.438. The minimum atomic E-state index is -4.44. The summed E-state index contributed by atoms with van der Waals surface area (Å²) in [6.07, 6.45) is 13.2. The van der Waals surface area contributed by atoms with Crippen LogP contribution in [0, 0.1) is 6.92 Å². The van der Waals surface area contributed by atoms with Crippen molar-refractivity contribution in [3.63, 3.8) is 0 Å². The number of hydrogen-bond donors (Lipinski definition) is 4. The van der Waals surface area contributed by atoms with Crippen molar-refractivity contribution in [2.24, 2.45) is 0 Å². The molecule has 4 N–H and O–H groups in total. The van der Waals surface area contributed by atoms with Gasteiger partial charge in [0.1, 0.15) is 6.54 Å². The van der Waals surface area contributed by atoms with Gasteiger partial charge in [-0.15, -0.1) is 20.4 Å². The second-order valence-corrected chi connectivity index (χ2v) is 23.8. The van der Waals surface area contributed by atoms with Crippen molar-refractivity contribution >= 4 is 74.9 Å². The molecule has 0 unspecified atom stereocenters. The van der Waals surface area contributed by atoms with E-state index in [0.717, 1.165) is 68.7 Å². The lowest BCUT2D eigenvalue weighted by Crippen LogP contribution is -2.28. The largest absolute Gasteiger partial charge is 0.352 e. The van der Waals surface area contributed by atoms with Gasteiger partial charge in [-0.3, -0.25) is 18.5 Å². The third-order valence-electron chi connectivity index (χ3n) is 13.6. The molecule has 1 aromatic heterocycles. The molecule has 1 amide bonds. The fourth-order valence-electron chi connectivity index (χ4n) is 10.0. The maximum Gasteiger partial charge on any atom is 0.294 e. The molecule has 382 valence electrons. The van der Waals surface area contributed by atoms with Gasteiger partial charge in [0.05, 0.1) is 21.0 Å². The van der Waals surface area contributed by atoms with Crippen molar-refractivity contribution in [3.8, 4) is 11.4 Å². The molecule has 0 saturated carbocycles. The molecule has 8 rings (SSSR count). The Balaban J connectivity index is 1.02. The summed E-state index contributed by atoms with van der Waals surface area (Å²) in [5.41, 5.74) is 6.26. The first-order valence-electron chi connectivity index (χ1n) is 23.9. The van der Waals surface area contributed by atoms with Crippen LogP contribution in [0.2, 0.25) is 0 Å². The third-order valence-corrected chi connectivity index (χ3v) is 16.1. The monoisotopic (exact) mass is 1050 g/mol. The Labute approximate surface area is 425 Å². The Hall–Kier alpha value is -6.55. The van der Waals surface area contributed by atoms with Crippen LogP contribution in [0.15, 0.2) is 131 Å². The highest BCUT2D eigenvalue weighted by atomic mass is 32.2. The number of amides is 1. The number of rotatable bonds is 19. The molecule has 20 heteroatoms. The SMILES string of the molecule is Cc1nnc(-c2ccc(CNC(=O)CCCCC[N+]3=C(/C=C/C=C/C=C4/N(CCCCS(=O)(=O)O)c5ccc6cc(S(=O)(=O)O)ccc6c5C4(C)C)C(C)(C)c4c3ccc3cc(S(=O)(=O)O)ccc43)cc2)nn1. The molecule has 5 aromatic carbocycles. The van der Waals surface area contributed by atoms with Crippen LogP contribution in [0.4, 0.5) is 11.4 Å². The average molecular weight is 1050 g/mol. The molecule has 3 heterocycles. The molecule has 0 bridgehead atoms. The highest BCUT2D eigenvalue weighted by Gasteiger charge is 2.45. The fraction of sp³-hybridized carbons (Fsp3) is 0.321. The zero-order chi connectivity index (χ0) is 52.5. The van der Waals surface area contributed by atoms with Crippen molar-refractivity contribution in [1.29, 1.82) is 0 Å². The number of aryl methyl sites for hydroxylation is 1. The molecular formula is C53H58N7O10S3+.